The number of rotatable bonds is 2. The minimum atomic E-state index is 0.528. The first kappa shape index (κ1) is 12.4. The molecule has 96 valence electrons. The van der Waals surface area contributed by atoms with Crippen LogP contribution in [0.15, 0.2) is 29.3 Å². The Kier molecular flexibility index (Phi) is 3.80. The van der Waals surface area contributed by atoms with Crippen molar-refractivity contribution in [3.8, 4) is 0 Å². The van der Waals surface area contributed by atoms with Crippen molar-refractivity contribution in [2.24, 2.45) is 4.99 Å². The molecule has 1 aliphatic heterocycles. The molecule has 1 saturated carbocycles. The lowest BCUT2D eigenvalue weighted by atomic mass is 9.92. The van der Waals surface area contributed by atoms with E-state index in [1.54, 1.807) is 11.8 Å². The number of hydrogen-bond acceptors (Lipinski definition) is 3. The fraction of sp³-hybridized carbons (Fsp3) is 0.500. The minimum Gasteiger partial charge on any atom is -0.360 e. The number of amidine groups is 1. The van der Waals surface area contributed by atoms with E-state index in [2.05, 4.69) is 11.4 Å². The van der Waals surface area contributed by atoms with Crippen LogP contribution in [-0.2, 0) is 5.75 Å². The summed E-state index contributed by atoms with van der Waals surface area (Å²) in [7, 11) is 0. The zero-order chi connectivity index (χ0) is 12.4. The van der Waals surface area contributed by atoms with Crippen molar-refractivity contribution in [2.75, 3.05) is 0 Å². The molecule has 1 heterocycles. The topological polar surface area (TPSA) is 24.4 Å². The predicted octanol–water partition coefficient (Wildman–Crippen LogP) is 3.84. The van der Waals surface area contributed by atoms with E-state index in [1.807, 2.05) is 18.2 Å². The molecule has 3 rings (SSSR count). The van der Waals surface area contributed by atoms with Gasteiger partial charge in [-0.3, -0.25) is 4.99 Å². The number of halogens is 1. The van der Waals surface area contributed by atoms with E-state index in [9.17, 15) is 0 Å². The smallest absolute Gasteiger partial charge is 0.157 e. The third-order valence-corrected chi connectivity index (χ3v) is 4.80. The fourth-order valence-electron chi connectivity index (χ4n) is 2.64. The number of aliphatic imine (C=N–C) groups is 1. The molecular formula is C14H17ClN2S. The van der Waals surface area contributed by atoms with Crippen molar-refractivity contribution in [2.45, 2.75) is 43.5 Å². The van der Waals surface area contributed by atoms with Crippen molar-refractivity contribution in [1.29, 1.82) is 0 Å². The lowest BCUT2D eigenvalue weighted by Crippen LogP contribution is -2.36. The summed E-state index contributed by atoms with van der Waals surface area (Å²) < 4.78 is 0. The van der Waals surface area contributed by atoms with Gasteiger partial charge in [0.15, 0.2) is 5.17 Å². The average Bonchev–Trinajstić information content (AvgIpc) is 2.79. The molecule has 4 heteroatoms. The van der Waals surface area contributed by atoms with Crippen LogP contribution in [0, 0.1) is 0 Å². The maximum Gasteiger partial charge on any atom is 0.157 e. The van der Waals surface area contributed by atoms with Gasteiger partial charge in [0.25, 0.3) is 0 Å². The molecular weight excluding hydrogens is 264 g/mol. The van der Waals surface area contributed by atoms with Crippen LogP contribution in [0.1, 0.15) is 31.2 Å². The number of fused-ring (bicyclic) bond motifs is 1. The Hall–Kier alpha value is -0.670. The first-order valence-electron chi connectivity index (χ1n) is 6.53. The van der Waals surface area contributed by atoms with Crippen molar-refractivity contribution in [3.05, 3.63) is 34.9 Å². The van der Waals surface area contributed by atoms with E-state index in [0.29, 0.717) is 12.1 Å². The van der Waals surface area contributed by atoms with E-state index < -0.39 is 0 Å². The Balaban J connectivity index is 1.58. The molecule has 0 bridgehead atoms. The predicted molar refractivity (Wildman–Crippen MR) is 79.4 cm³/mol. The van der Waals surface area contributed by atoms with E-state index in [0.717, 1.165) is 15.9 Å². The molecule has 2 unspecified atom stereocenters. The second-order valence-corrected chi connectivity index (χ2v) is 6.36. The van der Waals surface area contributed by atoms with Crippen LogP contribution < -0.4 is 5.32 Å². The van der Waals surface area contributed by atoms with Gasteiger partial charge in [0.05, 0.1) is 12.1 Å². The molecule has 2 aliphatic rings. The zero-order valence-corrected chi connectivity index (χ0v) is 11.8. The molecule has 1 fully saturated rings. The molecule has 0 aromatic heterocycles. The quantitative estimate of drug-likeness (QED) is 0.890. The molecule has 1 N–H and O–H groups in total. The summed E-state index contributed by atoms with van der Waals surface area (Å²) in [5.41, 5.74) is 1.26. The van der Waals surface area contributed by atoms with Crippen molar-refractivity contribution < 1.29 is 0 Å². The largest absolute Gasteiger partial charge is 0.360 e. The maximum atomic E-state index is 5.98. The summed E-state index contributed by atoms with van der Waals surface area (Å²) in [6.07, 6.45) is 5.20. The number of benzene rings is 1. The second kappa shape index (κ2) is 5.54. The summed E-state index contributed by atoms with van der Waals surface area (Å²) in [6, 6.07) is 9.18. The Bertz CT molecular complexity index is 461. The normalized spacial score (nSPS) is 26.4. The van der Waals surface area contributed by atoms with Gasteiger partial charge in [-0.15, -0.1) is 0 Å². The highest BCUT2D eigenvalue weighted by Crippen LogP contribution is 2.28. The molecule has 1 aliphatic carbocycles. The fourth-order valence-corrected chi connectivity index (χ4v) is 3.78. The lowest BCUT2D eigenvalue weighted by molar-refractivity contribution is 0.385. The Labute approximate surface area is 117 Å². The van der Waals surface area contributed by atoms with Crippen LogP contribution >= 0.6 is 23.4 Å². The molecule has 18 heavy (non-hydrogen) atoms. The summed E-state index contributed by atoms with van der Waals surface area (Å²) in [6.45, 7) is 0. The van der Waals surface area contributed by atoms with Gasteiger partial charge >= 0.3 is 0 Å². The van der Waals surface area contributed by atoms with Crippen LogP contribution in [-0.4, -0.2) is 17.3 Å². The second-order valence-electron chi connectivity index (χ2n) is 4.96. The molecule has 2 nitrogen and oxygen atoms in total. The third-order valence-electron chi connectivity index (χ3n) is 3.59. The van der Waals surface area contributed by atoms with Crippen molar-refractivity contribution in [1.82, 2.24) is 5.32 Å². The monoisotopic (exact) mass is 280 g/mol. The SMILES string of the molecule is Clc1cccc(CSC2=NC3CCCCC3N2)c1. The summed E-state index contributed by atoms with van der Waals surface area (Å²) in [5, 5.41) is 5.48. The highest BCUT2D eigenvalue weighted by atomic mass is 35.5. The molecule has 0 saturated heterocycles. The van der Waals surface area contributed by atoms with Gasteiger partial charge in [0, 0.05) is 10.8 Å². The van der Waals surface area contributed by atoms with Gasteiger partial charge in [-0.1, -0.05) is 48.3 Å². The van der Waals surface area contributed by atoms with Crippen LogP contribution in [0.3, 0.4) is 0 Å². The Morgan fingerprint density at radius 3 is 3.06 bits per heavy atom. The van der Waals surface area contributed by atoms with Crippen molar-refractivity contribution >= 4 is 28.5 Å². The highest BCUT2D eigenvalue weighted by molar-refractivity contribution is 8.13. The van der Waals surface area contributed by atoms with E-state index in [-0.39, 0.29) is 0 Å². The maximum absolute atomic E-state index is 5.98. The van der Waals surface area contributed by atoms with Crippen LogP contribution in [0.5, 0.6) is 0 Å². The first-order chi connectivity index (χ1) is 8.81. The third kappa shape index (κ3) is 2.83. The van der Waals surface area contributed by atoms with E-state index >= 15 is 0 Å². The van der Waals surface area contributed by atoms with Crippen molar-refractivity contribution in [3.63, 3.8) is 0 Å². The number of thioether (sulfide) groups is 1. The number of nitrogens with zero attached hydrogens (tertiary/aromatic N) is 1. The van der Waals surface area contributed by atoms with E-state index in [1.165, 1.54) is 31.2 Å². The van der Waals surface area contributed by atoms with Crippen LogP contribution in [0.4, 0.5) is 0 Å². The van der Waals surface area contributed by atoms with Gasteiger partial charge in [0.2, 0.25) is 0 Å². The highest BCUT2D eigenvalue weighted by Gasteiger charge is 2.30. The van der Waals surface area contributed by atoms with Gasteiger partial charge in [-0.2, -0.15) is 0 Å². The van der Waals surface area contributed by atoms with Crippen LogP contribution in [0.2, 0.25) is 5.02 Å². The molecule has 2 atom stereocenters. The molecule has 1 aromatic rings. The van der Waals surface area contributed by atoms with Gasteiger partial charge in [0.1, 0.15) is 0 Å². The zero-order valence-electron chi connectivity index (χ0n) is 10.2. The molecule has 0 radical (unpaired) electrons. The standard InChI is InChI=1S/C14H17ClN2S/c15-11-5-3-4-10(8-11)9-18-14-16-12-6-1-2-7-13(12)17-14/h3-5,8,12-13H,1-2,6-7,9H2,(H,16,17). The van der Waals surface area contributed by atoms with Gasteiger partial charge in [-0.25, -0.2) is 0 Å². The summed E-state index contributed by atoms with van der Waals surface area (Å²) in [4.78, 5) is 4.78. The Morgan fingerprint density at radius 1 is 1.33 bits per heavy atom. The summed E-state index contributed by atoms with van der Waals surface area (Å²) in [5.74, 6) is 0.936. The van der Waals surface area contributed by atoms with E-state index in [4.69, 9.17) is 16.6 Å². The van der Waals surface area contributed by atoms with Crippen LogP contribution in [0.25, 0.3) is 0 Å². The number of hydrogen-bond donors (Lipinski definition) is 1. The first-order valence-corrected chi connectivity index (χ1v) is 7.89. The average molecular weight is 281 g/mol. The van der Waals surface area contributed by atoms with Gasteiger partial charge in [-0.05, 0) is 30.5 Å². The van der Waals surface area contributed by atoms with Gasteiger partial charge < -0.3 is 5.32 Å². The Morgan fingerprint density at radius 2 is 2.22 bits per heavy atom. The lowest BCUT2D eigenvalue weighted by Gasteiger charge is -2.23. The number of nitrogens with one attached hydrogen (secondary N) is 1. The molecule has 0 spiro atoms. The summed E-state index contributed by atoms with van der Waals surface area (Å²) >= 11 is 7.78. The molecule has 1 aromatic carbocycles. The minimum absolute atomic E-state index is 0.528. The molecule has 0 amide bonds.